The quantitative estimate of drug-likeness (QED) is 0.710. The van der Waals surface area contributed by atoms with Crippen LogP contribution in [0, 0.1) is 0 Å². The number of hydrogen-bond acceptors (Lipinski definition) is 3. The van der Waals surface area contributed by atoms with Gasteiger partial charge in [-0.3, -0.25) is 9.69 Å². The number of carbonyl (C=O) groups excluding carboxylic acids is 1. The van der Waals surface area contributed by atoms with Gasteiger partial charge in [-0.2, -0.15) is 0 Å². The summed E-state index contributed by atoms with van der Waals surface area (Å²) in [6.45, 7) is 3.08. The molecule has 1 fully saturated rings. The van der Waals surface area contributed by atoms with E-state index in [0.717, 1.165) is 25.7 Å². The van der Waals surface area contributed by atoms with E-state index in [1.807, 2.05) is 14.0 Å². The molecule has 0 heterocycles. The maximum absolute atomic E-state index is 11.4. The number of carbonyl (C=O) groups is 1. The molecule has 4 nitrogen and oxygen atoms in total. The molecule has 0 radical (unpaired) electrons. The third-order valence-corrected chi connectivity index (χ3v) is 3.06. The SMILES string of the molecule is CCNC(=O)CN(C)C1CCC(O)CC1. The minimum Gasteiger partial charge on any atom is -0.393 e. The zero-order valence-corrected chi connectivity index (χ0v) is 9.70. The van der Waals surface area contributed by atoms with Gasteiger partial charge in [-0.15, -0.1) is 0 Å². The van der Waals surface area contributed by atoms with Crippen molar-refractivity contribution in [2.75, 3.05) is 20.1 Å². The molecule has 0 unspecified atom stereocenters. The minimum absolute atomic E-state index is 0.0890. The topological polar surface area (TPSA) is 52.6 Å². The van der Waals surface area contributed by atoms with E-state index < -0.39 is 0 Å². The van der Waals surface area contributed by atoms with Crippen molar-refractivity contribution >= 4 is 5.91 Å². The van der Waals surface area contributed by atoms with E-state index in [-0.39, 0.29) is 12.0 Å². The first-order chi connectivity index (χ1) is 7.13. The highest BCUT2D eigenvalue weighted by Crippen LogP contribution is 2.21. The molecule has 4 heteroatoms. The molecule has 15 heavy (non-hydrogen) atoms. The Hall–Kier alpha value is -0.610. The lowest BCUT2D eigenvalue weighted by molar-refractivity contribution is -0.122. The normalized spacial score (nSPS) is 26.7. The van der Waals surface area contributed by atoms with Crippen LogP contribution in [-0.2, 0) is 4.79 Å². The number of aliphatic hydroxyl groups excluding tert-OH is 1. The van der Waals surface area contributed by atoms with Crippen LogP contribution in [0.15, 0.2) is 0 Å². The molecule has 0 aromatic heterocycles. The molecule has 0 aromatic rings. The van der Waals surface area contributed by atoms with Crippen LogP contribution >= 0.6 is 0 Å². The van der Waals surface area contributed by atoms with Crippen molar-refractivity contribution in [1.29, 1.82) is 0 Å². The van der Waals surface area contributed by atoms with Crippen molar-refractivity contribution in [3.63, 3.8) is 0 Å². The van der Waals surface area contributed by atoms with Crippen molar-refractivity contribution in [2.24, 2.45) is 0 Å². The summed E-state index contributed by atoms with van der Waals surface area (Å²) in [5, 5.41) is 12.2. The first-order valence-corrected chi connectivity index (χ1v) is 5.78. The summed E-state index contributed by atoms with van der Waals surface area (Å²) in [4.78, 5) is 13.5. The number of hydrogen-bond donors (Lipinski definition) is 2. The van der Waals surface area contributed by atoms with Gasteiger partial charge in [0.05, 0.1) is 12.6 Å². The predicted molar refractivity (Wildman–Crippen MR) is 59.6 cm³/mol. The predicted octanol–water partition coefficient (Wildman–Crippen LogP) is 0.358. The molecular formula is C11H22N2O2. The Morgan fingerprint density at radius 1 is 1.40 bits per heavy atom. The van der Waals surface area contributed by atoms with Crippen LogP contribution in [0.2, 0.25) is 0 Å². The molecule has 0 bridgehead atoms. The van der Waals surface area contributed by atoms with E-state index in [0.29, 0.717) is 19.1 Å². The van der Waals surface area contributed by atoms with Crippen LogP contribution in [0.4, 0.5) is 0 Å². The average molecular weight is 214 g/mol. The number of likely N-dealkylation sites (N-methyl/N-ethyl adjacent to an activating group) is 2. The molecule has 0 spiro atoms. The van der Waals surface area contributed by atoms with E-state index in [1.54, 1.807) is 0 Å². The lowest BCUT2D eigenvalue weighted by Gasteiger charge is -2.32. The second-order valence-corrected chi connectivity index (χ2v) is 4.33. The standard InChI is InChI=1S/C11H22N2O2/c1-3-12-11(15)8-13(2)9-4-6-10(14)7-5-9/h9-10,14H,3-8H2,1-2H3,(H,12,15). The Kier molecular flexibility index (Phi) is 5.05. The third kappa shape index (κ3) is 4.18. The highest BCUT2D eigenvalue weighted by atomic mass is 16.3. The Morgan fingerprint density at radius 3 is 2.53 bits per heavy atom. The number of nitrogens with zero attached hydrogens (tertiary/aromatic N) is 1. The fraction of sp³-hybridized carbons (Fsp3) is 0.909. The second kappa shape index (κ2) is 6.08. The Morgan fingerprint density at radius 2 is 2.00 bits per heavy atom. The van der Waals surface area contributed by atoms with Gasteiger partial charge in [-0.05, 0) is 39.7 Å². The maximum Gasteiger partial charge on any atom is 0.234 e. The van der Waals surface area contributed by atoms with Gasteiger partial charge >= 0.3 is 0 Å². The third-order valence-electron chi connectivity index (χ3n) is 3.06. The molecule has 1 saturated carbocycles. The second-order valence-electron chi connectivity index (χ2n) is 4.33. The summed E-state index contributed by atoms with van der Waals surface area (Å²) in [6, 6.07) is 0.455. The highest BCUT2D eigenvalue weighted by Gasteiger charge is 2.23. The van der Waals surface area contributed by atoms with Crippen molar-refractivity contribution in [1.82, 2.24) is 10.2 Å². The molecule has 0 saturated heterocycles. The van der Waals surface area contributed by atoms with E-state index in [4.69, 9.17) is 0 Å². The van der Waals surface area contributed by atoms with Crippen LogP contribution in [0.5, 0.6) is 0 Å². The Bertz CT molecular complexity index is 201. The Balaban J connectivity index is 2.27. The Labute approximate surface area is 91.6 Å². The smallest absolute Gasteiger partial charge is 0.234 e. The zero-order chi connectivity index (χ0) is 11.3. The summed E-state index contributed by atoms with van der Waals surface area (Å²) in [5.74, 6) is 0.0890. The van der Waals surface area contributed by atoms with Gasteiger partial charge in [-0.1, -0.05) is 0 Å². The van der Waals surface area contributed by atoms with E-state index in [1.165, 1.54) is 0 Å². The van der Waals surface area contributed by atoms with Gasteiger partial charge in [0.1, 0.15) is 0 Å². The first-order valence-electron chi connectivity index (χ1n) is 5.78. The van der Waals surface area contributed by atoms with Gasteiger partial charge < -0.3 is 10.4 Å². The number of nitrogens with one attached hydrogen (secondary N) is 1. The van der Waals surface area contributed by atoms with Crippen LogP contribution in [-0.4, -0.2) is 48.2 Å². The molecule has 2 N–H and O–H groups in total. The van der Waals surface area contributed by atoms with Gasteiger partial charge in [0.25, 0.3) is 0 Å². The lowest BCUT2D eigenvalue weighted by Crippen LogP contribution is -2.42. The van der Waals surface area contributed by atoms with Crippen LogP contribution in [0.1, 0.15) is 32.6 Å². The largest absolute Gasteiger partial charge is 0.393 e. The number of amides is 1. The van der Waals surface area contributed by atoms with Gasteiger partial charge in [0.15, 0.2) is 0 Å². The molecule has 0 atom stereocenters. The van der Waals surface area contributed by atoms with Crippen molar-refractivity contribution in [3.8, 4) is 0 Å². The summed E-state index contributed by atoms with van der Waals surface area (Å²) in [7, 11) is 1.98. The highest BCUT2D eigenvalue weighted by molar-refractivity contribution is 5.77. The molecule has 1 amide bonds. The molecule has 88 valence electrons. The van der Waals surface area contributed by atoms with Gasteiger partial charge in [0.2, 0.25) is 5.91 Å². The lowest BCUT2D eigenvalue weighted by atomic mass is 9.92. The number of rotatable bonds is 4. The summed E-state index contributed by atoms with van der Waals surface area (Å²) in [5.41, 5.74) is 0. The monoisotopic (exact) mass is 214 g/mol. The number of aliphatic hydroxyl groups is 1. The van der Waals surface area contributed by atoms with Crippen LogP contribution in [0.25, 0.3) is 0 Å². The van der Waals surface area contributed by atoms with Crippen molar-refractivity contribution in [2.45, 2.75) is 44.8 Å². The summed E-state index contributed by atoms with van der Waals surface area (Å²) < 4.78 is 0. The van der Waals surface area contributed by atoms with Crippen LogP contribution in [0.3, 0.4) is 0 Å². The zero-order valence-electron chi connectivity index (χ0n) is 9.70. The molecule has 1 aliphatic carbocycles. The summed E-state index contributed by atoms with van der Waals surface area (Å²) in [6.07, 6.45) is 3.60. The van der Waals surface area contributed by atoms with Crippen LogP contribution < -0.4 is 5.32 Å². The van der Waals surface area contributed by atoms with Crippen molar-refractivity contribution < 1.29 is 9.90 Å². The molecule has 1 aliphatic rings. The fourth-order valence-electron chi connectivity index (χ4n) is 2.11. The van der Waals surface area contributed by atoms with Crippen molar-refractivity contribution in [3.05, 3.63) is 0 Å². The molecule has 0 aliphatic heterocycles. The molecule has 0 aromatic carbocycles. The minimum atomic E-state index is -0.126. The maximum atomic E-state index is 11.4. The first kappa shape index (κ1) is 12.5. The van der Waals surface area contributed by atoms with E-state index >= 15 is 0 Å². The van der Waals surface area contributed by atoms with E-state index in [9.17, 15) is 9.90 Å². The average Bonchev–Trinajstić information content (AvgIpc) is 2.18. The molecular weight excluding hydrogens is 192 g/mol. The fourth-order valence-corrected chi connectivity index (χ4v) is 2.11. The van der Waals surface area contributed by atoms with Gasteiger partial charge in [0, 0.05) is 12.6 Å². The van der Waals surface area contributed by atoms with E-state index in [2.05, 4.69) is 10.2 Å². The molecule has 1 rings (SSSR count). The summed E-state index contributed by atoms with van der Waals surface area (Å²) >= 11 is 0. The van der Waals surface area contributed by atoms with Gasteiger partial charge in [-0.25, -0.2) is 0 Å².